The van der Waals surface area contributed by atoms with Crippen molar-refractivity contribution in [3.63, 3.8) is 0 Å². The Bertz CT molecular complexity index is 435. The minimum Gasteiger partial charge on any atom is -0.372 e. The largest absolute Gasteiger partial charge is 0.416 e. The number of rotatable bonds is 3. The highest BCUT2D eigenvalue weighted by atomic mass is 19.4. The van der Waals surface area contributed by atoms with E-state index >= 15 is 0 Å². The molecule has 1 aliphatic heterocycles. The van der Waals surface area contributed by atoms with Crippen LogP contribution in [0.15, 0.2) is 18.2 Å². The molecule has 0 amide bonds. The minimum atomic E-state index is -4.30. The zero-order valence-corrected chi connectivity index (χ0v) is 11.8. The average Bonchev–Trinajstić information content (AvgIpc) is 2.67. The van der Waals surface area contributed by atoms with E-state index in [2.05, 4.69) is 10.2 Å². The van der Waals surface area contributed by atoms with Gasteiger partial charge in [-0.2, -0.15) is 13.2 Å². The molecular weight excluding hydrogens is 265 g/mol. The zero-order chi connectivity index (χ0) is 14.6. The van der Waals surface area contributed by atoms with Crippen LogP contribution < -0.4 is 10.2 Å². The summed E-state index contributed by atoms with van der Waals surface area (Å²) < 4.78 is 39.5. The van der Waals surface area contributed by atoms with Gasteiger partial charge in [0.15, 0.2) is 0 Å². The molecule has 5 heteroatoms. The molecule has 2 rings (SSSR count). The van der Waals surface area contributed by atoms with Crippen molar-refractivity contribution in [3.8, 4) is 0 Å². The normalized spacial score (nSPS) is 17.1. The molecule has 1 aromatic rings. The summed E-state index contributed by atoms with van der Waals surface area (Å²) in [5.41, 5.74) is 0.478. The lowest BCUT2D eigenvalue weighted by Gasteiger charge is -2.24. The second-order valence-corrected chi connectivity index (χ2v) is 5.27. The van der Waals surface area contributed by atoms with Gasteiger partial charge in [0.1, 0.15) is 0 Å². The van der Waals surface area contributed by atoms with Crippen LogP contribution in [-0.4, -0.2) is 20.1 Å². The lowest BCUT2D eigenvalue weighted by atomic mass is 10.1. The van der Waals surface area contributed by atoms with Crippen molar-refractivity contribution in [1.29, 1.82) is 0 Å². The summed E-state index contributed by atoms with van der Waals surface area (Å²) in [7, 11) is 1.66. The van der Waals surface area contributed by atoms with E-state index in [9.17, 15) is 13.2 Å². The Kier molecular flexibility index (Phi) is 4.91. The number of benzene rings is 1. The molecule has 0 atom stereocenters. The fourth-order valence-corrected chi connectivity index (χ4v) is 2.70. The number of anilines is 1. The van der Waals surface area contributed by atoms with E-state index in [0.29, 0.717) is 11.3 Å². The first-order valence-electron chi connectivity index (χ1n) is 7.12. The maximum atomic E-state index is 13.2. The van der Waals surface area contributed by atoms with Crippen LogP contribution in [0.4, 0.5) is 18.9 Å². The molecule has 0 unspecified atom stereocenters. The first-order chi connectivity index (χ1) is 9.52. The second kappa shape index (κ2) is 6.48. The Labute approximate surface area is 118 Å². The average molecular weight is 286 g/mol. The van der Waals surface area contributed by atoms with Crippen molar-refractivity contribution in [2.24, 2.45) is 0 Å². The molecule has 0 aromatic heterocycles. The molecule has 1 saturated heterocycles. The van der Waals surface area contributed by atoms with Crippen molar-refractivity contribution < 1.29 is 13.2 Å². The highest BCUT2D eigenvalue weighted by Gasteiger charge is 2.33. The van der Waals surface area contributed by atoms with Crippen LogP contribution in [0.3, 0.4) is 0 Å². The fourth-order valence-electron chi connectivity index (χ4n) is 2.70. The van der Waals surface area contributed by atoms with Crippen LogP contribution >= 0.6 is 0 Å². The third-order valence-corrected chi connectivity index (χ3v) is 3.74. The Hall–Kier alpha value is -1.23. The van der Waals surface area contributed by atoms with Gasteiger partial charge in [0.05, 0.1) is 5.56 Å². The first-order valence-corrected chi connectivity index (χ1v) is 7.12. The number of hydrogen-bond acceptors (Lipinski definition) is 2. The molecule has 1 heterocycles. The van der Waals surface area contributed by atoms with E-state index in [4.69, 9.17) is 0 Å². The molecule has 112 valence electrons. The van der Waals surface area contributed by atoms with Crippen LogP contribution in [-0.2, 0) is 12.7 Å². The van der Waals surface area contributed by atoms with Crippen molar-refractivity contribution in [1.82, 2.24) is 5.32 Å². The lowest BCUT2D eigenvalue weighted by molar-refractivity contribution is -0.138. The van der Waals surface area contributed by atoms with E-state index in [1.54, 1.807) is 13.1 Å². The lowest BCUT2D eigenvalue weighted by Crippen LogP contribution is -2.25. The highest BCUT2D eigenvalue weighted by molar-refractivity contribution is 5.52. The van der Waals surface area contributed by atoms with Gasteiger partial charge in [-0.1, -0.05) is 18.9 Å². The van der Waals surface area contributed by atoms with Gasteiger partial charge in [-0.15, -0.1) is 0 Å². The number of hydrogen-bond donors (Lipinski definition) is 1. The topological polar surface area (TPSA) is 15.3 Å². The standard InChI is InChI=1S/C15H21F3N2/c1-19-11-12-6-7-13(10-14(12)15(16,17)18)20-8-4-2-3-5-9-20/h6-7,10,19H,2-5,8-9,11H2,1H3. The second-order valence-electron chi connectivity index (χ2n) is 5.27. The quantitative estimate of drug-likeness (QED) is 0.909. The van der Waals surface area contributed by atoms with Crippen LogP contribution in [0.5, 0.6) is 0 Å². The summed E-state index contributed by atoms with van der Waals surface area (Å²) in [4.78, 5) is 2.07. The van der Waals surface area contributed by atoms with E-state index in [1.165, 1.54) is 18.9 Å². The molecular formula is C15H21F3N2. The van der Waals surface area contributed by atoms with Crippen molar-refractivity contribution in [3.05, 3.63) is 29.3 Å². The Morgan fingerprint density at radius 1 is 1.10 bits per heavy atom. The van der Waals surface area contributed by atoms with E-state index in [0.717, 1.165) is 25.9 Å². The summed E-state index contributed by atoms with van der Waals surface area (Å²) in [6.07, 6.45) is 0.147. The Balaban J connectivity index is 2.30. The molecule has 1 N–H and O–H groups in total. The summed E-state index contributed by atoms with van der Waals surface area (Å²) in [5, 5.41) is 2.79. The minimum absolute atomic E-state index is 0.231. The monoisotopic (exact) mass is 286 g/mol. The van der Waals surface area contributed by atoms with E-state index in [1.807, 2.05) is 6.07 Å². The Morgan fingerprint density at radius 3 is 2.30 bits per heavy atom. The predicted octanol–water partition coefficient (Wildman–Crippen LogP) is 3.81. The van der Waals surface area contributed by atoms with Gasteiger partial charge in [-0.3, -0.25) is 0 Å². The summed E-state index contributed by atoms with van der Waals surface area (Å²) in [5.74, 6) is 0. The van der Waals surface area contributed by atoms with Gasteiger partial charge >= 0.3 is 6.18 Å². The number of alkyl halides is 3. The summed E-state index contributed by atoms with van der Waals surface area (Å²) in [6.45, 7) is 1.93. The molecule has 1 fully saturated rings. The maximum absolute atomic E-state index is 13.2. The third kappa shape index (κ3) is 3.66. The van der Waals surface area contributed by atoms with Crippen LogP contribution in [0.25, 0.3) is 0 Å². The summed E-state index contributed by atoms with van der Waals surface area (Å²) >= 11 is 0. The van der Waals surface area contributed by atoms with E-state index in [-0.39, 0.29) is 6.54 Å². The number of halogens is 3. The molecule has 0 bridgehead atoms. The van der Waals surface area contributed by atoms with E-state index < -0.39 is 11.7 Å². The van der Waals surface area contributed by atoms with Crippen LogP contribution in [0, 0.1) is 0 Å². The molecule has 0 saturated carbocycles. The predicted molar refractivity (Wildman–Crippen MR) is 74.9 cm³/mol. The Morgan fingerprint density at radius 2 is 1.75 bits per heavy atom. The van der Waals surface area contributed by atoms with Gasteiger partial charge in [0, 0.05) is 25.3 Å². The molecule has 0 aliphatic carbocycles. The summed E-state index contributed by atoms with van der Waals surface area (Å²) in [6, 6.07) is 4.71. The van der Waals surface area contributed by atoms with Gasteiger partial charge in [0.2, 0.25) is 0 Å². The van der Waals surface area contributed by atoms with Crippen molar-refractivity contribution in [2.45, 2.75) is 38.4 Å². The molecule has 1 aromatic carbocycles. The molecule has 0 radical (unpaired) electrons. The van der Waals surface area contributed by atoms with Crippen LogP contribution in [0.1, 0.15) is 36.8 Å². The van der Waals surface area contributed by atoms with Gasteiger partial charge in [0.25, 0.3) is 0 Å². The molecule has 0 spiro atoms. The van der Waals surface area contributed by atoms with Gasteiger partial charge in [-0.05, 0) is 37.6 Å². The van der Waals surface area contributed by atoms with Crippen molar-refractivity contribution in [2.75, 3.05) is 25.0 Å². The molecule has 2 nitrogen and oxygen atoms in total. The van der Waals surface area contributed by atoms with Crippen LogP contribution in [0.2, 0.25) is 0 Å². The van der Waals surface area contributed by atoms with Gasteiger partial charge in [-0.25, -0.2) is 0 Å². The molecule has 1 aliphatic rings. The maximum Gasteiger partial charge on any atom is 0.416 e. The SMILES string of the molecule is CNCc1ccc(N2CCCCCC2)cc1C(F)(F)F. The fraction of sp³-hybridized carbons (Fsp3) is 0.600. The third-order valence-electron chi connectivity index (χ3n) is 3.74. The highest BCUT2D eigenvalue weighted by Crippen LogP contribution is 2.35. The zero-order valence-electron chi connectivity index (χ0n) is 11.8. The first kappa shape index (κ1) is 15.2. The molecule has 20 heavy (non-hydrogen) atoms. The van der Waals surface area contributed by atoms with Crippen molar-refractivity contribution >= 4 is 5.69 Å². The van der Waals surface area contributed by atoms with Gasteiger partial charge < -0.3 is 10.2 Å². The number of nitrogens with zero attached hydrogens (tertiary/aromatic N) is 1. The number of nitrogens with one attached hydrogen (secondary N) is 1. The smallest absolute Gasteiger partial charge is 0.372 e.